The Balaban J connectivity index is 1.67. The van der Waals surface area contributed by atoms with Crippen molar-refractivity contribution in [2.75, 3.05) is 32.8 Å². The minimum Gasteiger partial charge on any atom is -0.435 e. The SMILES string of the molecule is CC(CCc1ccc(OC(F)F)cc1)NC(C)CN1CCOCC1. The highest BCUT2D eigenvalue weighted by molar-refractivity contribution is 5.27. The van der Waals surface area contributed by atoms with Crippen LogP contribution >= 0.6 is 0 Å². The van der Waals surface area contributed by atoms with Gasteiger partial charge >= 0.3 is 6.61 Å². The van der Waals surface area contributed by atoms with Crippen molar-refractivity contribution in [3.8, 4) is 5.75 Å². The van der Waals surface area contributed by atoms with Gasteiger partial charge in [0, 0.05) is 31.7 Å². The predicted molar refractivity (Wildman–Crippen MR) is 90.7 cm³/mol. The van der Waals surface area contributed by atoms with Crippen molar-refractivity contribution >= 4 is 0 Å². The summed E-state index contributed by atoms with van der Waals surface area (Å²) in [5, 5.41) is 3.63. The Kier molecular flexibility index (Phi) is 7.88. The molecule has 2 rings (SSSR count). The van der Waals surface area contributed by atoms with Gasteiger partial charge in [0.1, 0.15) is 5.75 Å². The minimum atomic E-state index is -2.77. The summed E-state index contributed by atoms with van der Waals surface area (Å²) in [5.41, 5.74) is 1.13. The molecule has 1 aromatic rings. The van der Waals surface area contributed by atoms with Gasteiger partial charge in [-0.3, -0.25) is 4.90 Å². The van der Waals surface area contributed by atoms with Crippen molar-refractivity contribution in [1.29, 1.82) is 0 Å². The van der Waals surface area contributed by atoms with Crippen LogP contribution in [0.1, 0.15) is 25.8 Å². The molecule has 0 aliphatic carbocycles. The molecule has 1 N–H and O–H groups in total. The molecule has 2 unspecified atom stereocenters. The first-order valence-corrected chi connectivity index (χ1v) is 8.63. The van der Waals surface area contributed by atoms with Crippen LogP contribution in [0, 0.1) is 0 Å². The topological polar surface area (TPSA) is 33.7 Å². The second-order valence-corrected chi connectivity index (χ2v) is 6.44. The molecule has 6 heteroatoms. The van der Waals surface area contributed by atoms with Gasteiger partial charge in [-0.15, -0.1) is 0 Å². The summed E-state index contributed by atoms with van der Waals surface area (Å²) < 4.78 is 34.0. The third-order valence-corrected chi connectivity index (χ3v) is 4.22. The maximum Gasteiger partial charge on any atom is 0.387 e. The van der Waals surface area contributed by atoms with Gasteiger partial charge in [-0.1, -0.05) is 12.1 Å². The van der Waals surface area contributed by atoms with E-state index < -0.39 is 6.61 Å². The lowest BCUT2D eigenvalue weighted by Crippen LogP contribution is -2.46. The highest BCUT2D eigenvalue weighted by atomic mass is 19.3. The van der Waals surface area contributed by atoms with Crippen molar-refractivity contribution in [3.05, 3.63) is 29.8 Å². The van der Waals surface area contributed by atoms with E-state index in [1.165, 1.54) is 0 Å². The summed E-state index contributed by atoms with van der Waals surface area (Å²) in [5.74, 6) is 0.207. The van der Waals surface area contributed by atoms with Crippen LogP contribution in [-0.2, 0) is 11.2 Å². The van der Waals surface area contributed by atoms with E-state index in [0.717, 1.165) is 51.3 Å². The number of halogens is 2. The molecule has 0 spiro atoms. The van der Waals surface area contributed by atoms with Crippen LogP contribution in [-0.4, -0.2) is 56.4 Å². The van der Waals surface area contributed by atoms with Gasteiger partial charge in [0.2, 0.25) is 0 Å². The number of alkyl halides is 2. The molecule has 1 saturated heterocycles. The Morgan fingerprint density at radius 3 is 2.42 bits per heavy atom. The molecular formula is C18H28F2N2O2. The quantitative estimate of drug-likeness (QED) is 0.748. The van der Waals surface area contributed by atoms with Crippen molar-refractivity contribution < 1.29 is 18.3 Å². The molecular weight excluding hydrogens is 314 g/mol. The fourth-order valence-electron chi connectivity index (χ4n) is 3.01. The highest BCUT2D eigenvalue weighted by Crippen LogP contribution is 2.16. The number of hydrogen-bond acceptors (Lipinski definition) is 4. The molecule has 0 amide bonds. The Labute approximate surface area is 143 Å². The number of aryl methyl sites for hydroxylation is 1. The van der Waals surface area contributed by atoms with Crippen LogP contribution in [0.5, 0.6) is 5.75 Å². The fourth-order valence-corrected chi connectivity index (χ4v) is 3.01. The first-order chi connectivity index (χ1) is 11.5. The van der Waals surface area contributed by atoms with Crippen molar-refractivity contribution in [2.24, 2.45) is 0 Å². The molecule has 0 saturated carbocycles. The van der Waals surface area contributed by atoms with Gasteiger partial charge in [-0.2, -0.15) is 8.78 Å². The Morgan fingerprint density at radius 1 is 1.12 bits per heavy atom. The normalized spacial score (nSPS) is 18.5. The number of morpholine rings is 1. The average molecular weight is 342 g/mol. The maximum absolute atomic E-state index is 12.1. The molecule has 24 heavy (non-hydrogen) atoms. The Bertz CT molecular complexity index is 465. The Hall–Kier alpha value is -1.24. The van der Waals surface area contributed by atoms with Gasteiger partial charge in [-0.05, 0) is 44.4 Å². The van der Waals surface area contributed by atoms with E-state index in [4.69, 9.17) is 4.74 Å². The summed E-state index contributed by atoms with van der Waals surface area (Å²) in [7, 11) is 0. The summed E-state index contributed by atoms with van der Waals surface area (Å²) >= 11 is 0. The van der Waals surface area contributed by atoms with E-state index in [1.807, 2.05) is 12.1 Å². The molecule has 0 radical (unpaired) electrons. The number of ether oxygens (including phenoxy) is 2. The van der Waals surface area contributed by atoms with E-state index in [0.29, 0.717) is 12.1 Å². The van der Waals surface area contributed by atoms with E-state index in [2.05, 4.69) is 28.8 Å². The van der Waals surface area contributed by atoms with Gasteiger partial charge in [-0.25, -0.2) is 0 Å². The van der Waals surface area contributed by atoms with E-state index >= 15 is 0 Å². The second-order valence-electron chi connectivity index (χ2n) is 6.44. The summed E-state index contributed by atoms with van der Waals surface area (Å²) in [6.45, 7) is 6.33. The molecule has 1 heterocycles. The molecule has 1 fully saturated rings. The smallest absolute Gasteiger partial charge is 0.387 e. The zero-order valence-corrected chi connectivity index (χ0v) is 14.5. The maximum atomic E-state index is 12.1. The van der Waals surface area contributed by atoms with Gasteiger partial charge in [0.15, 0.2) is 0 Å². The number of nitrogens with zero attached hydrogens (tertiary/aromatic N) is 1. The molecule has 1 aliphatic rings. The van der Waals surface area contributed by atoms with Crippen molar-refractivity contribution in [1.82, 2.24) is 10.2 Å². The van der Waals surface area contributed by atoms with Crippen LogP contribution in [0.3, 0.4) is 0 Å². The van der Waals surface area contributed by atoms with Crippen molar-refractivity contribution in [3.63, 3.8) is 0 Å². The molecule has 0 bridgehead atoms. The molecule has 4 nitrogen and oxygen atoms in total. The number of hydrogen-bond donors (Lipinski definition) is 1. The molecule has 1 aromatic carbocycles. The predicted octanol–water partition coefficient (Wildman–Crippen LogP) is 2.92. The number of rotatable bonds is 9. The minimum absolute atomic E-state index is 0.207. The second kappa shape index (κ2) is 9.91. The van der Waals surface area contributed by atoms with Gasteiger partial charge in [0.25, 0.3) is 0 Å². The zero-order valence-electron chi connectivity index (χ0n) is 14.5. The molecule has 2 atom stereocenters. The number of nitrogens with one attached hydrogen (secondary N) is 1. The largest absolute Gasteiger partial charge is 0.435 e. The number of benzene rings is 1. The van der Waals surface area contributed by atoms with Crippen LogP contribution in [0.4, 0.5) is 8.78 Å². The molecule has 0 aromatic heterocycles. The van der Waals surface area contributed by atoms with Crippen LogP contribution in [0.2, 0.25) is 0 Å². The third kappa shape index (κ3) is 7.11. The third-order valence-electron chi connectivity index (χ3n) is 4.22. The standard InChI is InChI=1S/C18H28F2N2O2/c1-14(21-15(2)13-22-9-11-23-12-10-22)3-4-16-5-7-17(8-6-16)24-18(19)20/h5-8,14-15,18,21H,3-4,9-13H2,1-2H3. The van der Waals surface area contributed by atoms with Gasteiger partial charge in [0.05, 0.1) is 13.2 Å². The summed E-state index contributed by atoms with van der Waals surface area (Å²) in [6.07, 6.45) is 1.91. The lowest BCUT2D eigenvalue weighted by Gasteiger charge is -2.30. The first kappa shape index (κ1) is 19.1. The first-order valence-electron chi connectivity index (χ1n) is 8.63. The molecule has 1 aliphatic heterocycles. The van der Waals surface area contributed by atoms with E-state index in [1.54, 1.807) is 12.1 Å². The fraction of sp³-hybridized carbons (Fsp3) is 0.667. The Morgan fingerprint density at radius 2 is 1.79 bits per heavy atom. The monoisotopic (exact) mass is 342 g/mol. The molecule has 136 valence electrons. The highest BCUT2D eigenvalue weighted by Gasteiger charge is 2.15. The lowest BCUT2D eigenvalue weighted by atomic mass is 10.1. The lowest BCUT2D eigenvalue weighted by molar-refractivity contribution is -0.0498. The van der Waals surface area contributed by atoms with Crippen molar-refractivity contribution in [2.45, 2.75) is 45.4 Å². The van der Waals surface area contributed by atoms with Gasteiger partial charge < -0.3 is 14.8 Å². The van der Waals surface area contributed by atoms with E-state index in [-0.39, 0.29) is 5.75 Å². The van der Waals surface area contributed by atoms with Crippen LogP contribution in [0.15, 0.2) is 24.3 Å². The average Bonchev–Trinajstić information content (AvgIpc) is 2.54. The van der Waals surface area contributed by atoms with Crippen LogP contribution < -0.4 is 10.1 Å². The summed E-state index contributed by atoms with van der Waals surface area (Å²) in [4.78, 5) is 2.43. The van der Waals surface area contributed by atoms with Crippen LogP contribution in [0.25, 0.3) is 0 Å². The summed E-state index contributed by atoms with van der Waals surface area (Å²) in [6, 6.07) is 7.72. The van der Waals surface area contributed by atoms with E-state index in [9.17, 15) is 8.78 Å². The zero-order chi connectivity index (χ0) is 17.4.